The van der Waals surface area contributed by atoms with Crippen molar-refractivity contribution in [3.63, 3.8) is 0 Å². The van der Waals surface area contributed by atoms with Crippen molar-refractivity contribution in [2.75, 3.05) is 11.9 Å². The number of rotatable bonds is 5. The average molecular weight is 371 g/mol. The number of hydrogen-bond donors (Lipinski definition) is 1. The topological polar surface area (TPSA) is 56.1 Å². The van der Waals surface area contributed by atoms with Crippen LogP contribution in [0.5, 0.6) is 5.75 Å². The summed E-state index contributed by atoms with van der Waals surface area (Å²) in [7, 11) is 0. The summed E-state index contributed by atoms with van der Waals surface area (Å²) in [4.78, 5) is 13.0. The summed E-state index contributed by atoms with van der Waals surface area (Å²) in [5, 5.41) is 8.36. The lowest BCUT2D eigenvalue weighted by molar-refractivity contribution is 0.102. The molecule has 0 bridgehead atoms. The Balaban J connectivity index is 1.75. The van der Waals surface area contributed by atoms with Gasteiger partial charge in [0.05, 0.1) is 23.5 Å². The molecule has 0 aliphatic rings. The van der Waals surface area contributed by atoms with Crippen LogP contribution in [-0.2, 0) is 0 Å². The Hall–Kier alpha value is -3.60. The smallest absolute Gasteiger partial charge is 0.276 e. The first-order chi connectivity index (χ1) is 13.7. The Morgan fingerprint density at radius 3 is 2.50 bits per heavy atom. The number of carbonyl (C=O) groups excluding carboxylic acids is 1. The molecule has 5 heteroatoms. The Labute approximate surface area is 163 Å². The number of nitrogens with zero attached hydrogens (tertiary/aromatic N) is 2. The number of ether oxygens (including phenoxy) is 1. The van der Waals surface area contributed by atoms with Gasteiger partial charge < -0.3 is 10.1 Å². The highest BCUT2D eigenvalue weighted by Crippen LogP contribution is 2.27. The number of anilines is 1. The number of aromatic nitrogens is 2. The van der Waals surface area contributed by atoms with Gasteiger partial charge in [0.1, 0.15) is 5.75 Å². The van der Waals surface area contributed by atoms with Gasteiger partial charge in [0, 0.05) is 5.39 Å². The summed E-state index contributed by atoms with van der Waals surface area (Å²) >= 11 is 0. The van der Waals surface area contributed by atoms with Gasteiger partial charge in [-0.05, 0) is 44.2 Å². The first-order valence-electron chi connectivity index (χ1n) is 9.25. The molecule has 0 aliphatic carbocycles. The van der Waals surface area contributed by atoms with Crippen LogP contribution in [0.3, 0.4) is 0 Å². The quantitative estimate of drug-likeness (QED) is 0.538. The number of fused-ring (bicyclic) bond motifs is 1. The van der Waals surface area contributed by atoms with E-state index in [4.69, 9.17) is 4.74 Å². The second kappa shape index (κ2) is 7.56. The summed E-state index contributed by atoms with van der Waals surface area (Å²) in [6.07, 6.45) is 0. The van der Waals surface area contributed by atoms with Crippen molar-refractivity contribution in [2.45, 2.75) is 13.8 Å². The molecule has 0 spiro atoms. The van der Waals surface area contributed by atoms with Gasteiger partial charge >= 0.3 is 0 Å². The van der Waals surface area contributed by atoms with E-state index in [1.165, 1.54) is 5.56 Å². The summed E-state index contributed by atoms with van der Waals surface area (Å²) in [5.41, 5.74) is 3.97. The van der Waals surface area contributed by atoms with Gasteiger partial charge in [-0.2, -0.15) is 5.10 Å². The first-order valence-corrected chi connectivity index (χ1v) is 9.25. The molecular weight excluding hydrogens is 350 g/mol. The molecule has 1 aromatic heterocycles. The lowest BCUT2D eigenvalue weighted by Crippen LogP contribution is -2.14. The molecule has 1 heterocycles. The van der Waals surface area contributed by atoms with Crippen LogP contribution in [0.4, 0.5) is 5.69 Å². The second-order valence-corrected chi connectivity index (χ2v) is 6.50. The highest BCUT2D eigenvalue weighted by atomic mass is 16.5. The highest BCUT2D eigenvalue weighted by molar-refractivity contribution is 6.11. The largest absolute Gasteiger partial charge is 0.492 e. The van der Waals surface area contributed by atoms with Crippen LogP contribution in [0.1, 0.15) is 23.0 Å². The van der Waals surface area contributed by atoms with Gasteiger partial charge in [0.2, 0.25) is 0 Å². The van der Waals surface area contributed by atoms with Crippen LogP contribution in [0, 0.1) is 6.92 Å². The summed E-state index contributed by atoms with van der Waals surface area (Å²) in [6.45, 7) is 4.48. The Morgan fingerprint density at radius 2 is 1.71 bits per heavy atom. The van der Waals surface area contributed by atoms with E-state index in [1.807, 2.05) is 86.6 Å². The maximum atomic E-state index is 13.0. The zero-order valence-electron chi connectivity index (χ0n) is 15.8. The van der Waals surface area contributed by atoms with Crippen LogP contribution >= 0.6 is 0 Å². The third kappa shape index (κ3) is 3.34. The molecule has 0 aliphatic heterocycles. The van der Waals surface area contributed by atoms with Gasteiger partial charge in [-0.25, -0.2) is 4.68 Å². The maximum Gasteiger partial charge on any atom is 0.276 e. The Morgan fingerprint density at radius 1 is 1.00 bits per heavy atom. The zero-order chi connectivity index (χ0) is 19.5. The standard InChI is InChI=1S/C23H21N3O2/c1-3-28-21-11-7-5-9-19(21)24-23(27)22-18-8-4-6-10-20(18)26(25-22)17-14-12-16(2)13-15-17/h4-15H,3H2,1-2H3,(H,24,27). The van der Waals surface area contributed by atoms with Crippen LogP contribution in [0.15, 0.2) is 72.8 Å². The molecule has 4 rings (SSSR count). The van der Waals surface area contributed by atoms with Crippen LogP contribution in [-0.4, -0.2) is 22.3 Å². The molecule has 0 saturated heterocycles. The molecule has 0 saturated carbocycles. The number of hydrogen-bond acceptors (Lipinski definition) is 3. The fraction of sp³-hybridized carbons (Fsp3) is 0.130. The minimum absolute atomic E-state index is 0.269. The van der Waals surface area contributed by atoms with Crippen LogP contribution < -0.4 is 10.1 Å². The normalized spacial score (nSPS) is 10.8. The van der Waals surface area contributed by atoms with Gasteiger partial charge in [-0.1, -0.05) is 48.0 Å². The fourth-order valence-corrected chi connectivity index (χ4v) is 3.15. The first kappa shape index (κ1) is 17.8. The van der Waals surface area contributed by atoms with Crippen molar-refractivity contribution in [2.24, 2.45) is 0 Å². The zero-order valence-corrected chi connectivity index (χ0v) is 15.8. The number of para-hydroxylation sites is 3. The molecule has 140 valence electrons. The monoisotopic (exact) mass is 371 g/mol. The SMILES string of the molecule is CCOc1ccccc1NC(=O)c1nn(-c2ccc(C)cc2)c2ccccc12. The molecule has 4 aromatic rings. The Kier molecular flexibility index (Phi) is 4.81. The molecule has 1 amide bonds. The van der Waals surface area contributed by atoms with E-state index in [-0.39, 0.29) is 5.91 Å². The molecule has 3 aromatic carbocycles. The average Bonchev–Trinajstić information content (AvgIpc) is 3.10. The number of carbonyl (C=O) groups is 1. The predicted molar refractivity (Wildman–Crippen MR) is 111 cm³/mol. The van der Waals surface area contributed by atoms with Gasteiger partial charge in [-0.3, -0.25) is 4.79 Å². The molecule has 5 nitrogen and oxygen atoms in total. The second-order valence-electron chi connectivity index (χ2n) is 6.50. The number of aryl methyl sites for hydroxylation is 1. The van der Waals surface area contributed by atoms with Gasteiger partial charge in [0.15, 0.2) is 5.69 Å². The highest BCUT2D eigenvalue weighted by Gasteiger charge is 2.19. The number of amides is 1. The van der Waals surface area contributed by atoms with Gasteiger partial charge in [0.25, 0.3) is 5.91 Å². The minimum Gasteiger partial charge on any atom is -0.492 e. The van der Waals surface area contributed by atoms with E-state index >= 15 is 0 Å². The van der Waals surface area contributed by atoms with Gasteiger partial charge in [-0.15, -0.1) is 0 Å². The van der Waals surface area contributed by atoms with Crippen LogP contribution in [0.2, 0.25) is 0 Å². The summed E-state index contributed by atoms with van der Waals surface area (Å²) in [5.74, 6) is 0.370. The van der Waals surface area contributed by atoms with Crippen LogP contribution in [0.25, 0.3) is 16.6 Å². The van der Waals surface area contributed by atoms with E-state index in [1.54, 1.807) is 4.68 Å². The van der Waals surface area contributed by atoms with Crippen molar-refractivity contribution < 1.29 is 9.53 Å². The van der Waals surface area contributed by atoms with E-state index < -0.39 is 0 Å². The summed E-state index contributed by atoms with van der Waals surface area (Å²) < 4.78 is 7.41. The molecule has 0 atom stereocenters. The van der Waals surface area contributed by atoms with E-state index in [9.17, 15) is 4.79 Å². The fourth-order valence-electron chi connectivity index (χ4n) is 3.15. The van der Waals surface area contributed by atoms with Crippen molar-refractivity contribution in [1.82, 2.24) is 9.78 Å². The lowest BCUT2D eigenvalue weighted by Gasteiger charge is -2.10. The summed E-state index contributed by atoms with van der Waals surface area (Å²) in [6, 6.07) is 23.2. The lowest BCUT2D eigenvalue weighted by atomic mass is 10.2. The third-order valence-corrected chi connectivity index (χ3v) is 4.52. The molecule has 28 heavy (non-hydrogen) atoms. The molecular formula is C23H21N3O2. The van der Waals surface area contributed by atoms with Crippen molar-refractivity contribution >= 4 is 22.5 Å². The minimum atomic E-state index is -0.269. The van der Waals surface area contributed by atoms with Crippen molar-refractivity contribution in [3.05, 3.63) is 84.1 Å². The predicted octanol–water partition coefficient (Wildman–Crippen LogP) is 4.98. The Bertz CT molecular complexity index is 1130. The molecule has 0 radical (unpaired) electrons. The van der Waals surface area contributed by atoms with Crippen molar-refractivity contribution in [1.29, 1.82) is 0 Å². The number of benzene rings is 3. The van der Waals surface area contributed by atoms with E-state index in [0.717, 1.165) is 16.6 Å². The van der Waals surface area contributed by atoms with Crippen molar-refractivity contribution in [3.8, 4) is 11.4 Å². The van der Waals surface area contributed by atoms with E-state index in [0.29, 0.717) is 23.7 Å². The third-order valence-electron chi connectivity index (χ3n) is 4.52. The van der Waals surface area contributed by atoms with E-state index in [2.05, 4.69) is 10.4 Å². The number of nitrogens with one attached hydrogen (secondary N) is 1. The molecule has 0 fully saturated rings. The molecule has 1 N–H and O–H groups in total. The maximum absolute atomic E-state index is 13.0. The molecule has 0 unspecified atom stereocenters.